The molecule has 2 heterocycles. The van der Waals surface area contributed by atoms with Crippen LogP contribution in [0.15, 0.2) is 6.20 Å². The van der Waals surface area contributed by atoms with Gasteiger partial charge in [0.1, 0.15) is 4.34 Å². The lowest BCUT2D eigenvalue weighted by molar-refractivity contribution is 0.605. The summed E-state index contributed by atoms with van der Waals surface area (Å²) in [4.78, 5) is 12.3. The molecule has 2 aromatic heterocycles. The average Bonchev–Trinajstić information content (AvgIpc) is 2.77. The number of hydrogen-bond donors (Lipinski definition) is 1. The van der Waals surface area contributed by atoms with Crippen molar-refractivity contribution in [3.8, 4) is 10.8 Å². The van der Waals surface area contributed by atoms with Gasteiger partial charge in [-0.3, -0.25) is 0 Å². The molecule has 4 nitrogen and oxygen atoms in total. The standard InChI is InChI=1S/C11H12ClFN4S/c1-3-4-14-9-8(13)6(2)16-10(17-9)11-15-5-7(12)18-11/h5H,3-4H2,1-2H3,(H,14,16,17). The molecule has 18 heavy (non-hydrogen) atoms. The molecule has 0 spiro atoms. The summed E-state index contributed by atoms with van der Waals surface area (Å²) in [6, 6.07) is 0. The first-order chi connectivity index (χ1) is 8.61. The van der Waals surface area contributed by atoms with E-state index in [-0.39, 0.29) is 5.82 Å². The molecule has 1 N–H and O–H groups in total. The van der Waals surface area contributed by atoms with E-state index in [2.05, 4.69) is 20.3 Å². The largest absolute Gasteiger partial charge is 0.368 e. The smallest absolute Gasteiger partial charge is 0.191 e. The van der Waals surface area contributed by atoms with Gasteiger partial charge >= 0.3 is 0 Å². The number of thiazole rings is 1. The number of aromatic nitrogens is 3. The van der Waals surface area contributed by atoms with Crippen LogP contribution in [0.5, 0.6) is 0 Å². The number of rotatable bonds is 4. The van der Waals surface area contributed by atoms with Crippen LogP contribution in [0, 0.1) is 12.7 Å². The highest BCUT2D eigenvalue weighted by molar-refractivity contribution is 7.18. The first kappa shape index (κ1) is 13.2. The molecule has 0 aliphatic carbocycles. The van der Waals surface area contributed by atoms with Crippen molar-refractivity contribution in [2.24, 2.45) is 0 Å². The van der Waals surface area contributed by atoms with Crippen molar-refractivity contribution in [2.75, 3.05) is 11.9 Å². The summed E-state index contributed by atoms with van der Waals surface area (Å²) >= 11 is 7.08. The van der Waals surface area contributed by atoms with E-state index in [1.54, 1.807) is 6.92 Å². The molecule has 2 aromatic rings. The number of hydrogen-bond acceptors (Lipinski definition) is 5. The topological polar surface area (TPSA) is 50.7 Å². The fraction of sp³-hybridized carbons (Fsp3) is 0.364. The maximum absolute atomic E-state index is 13.8. The van der Waals surface area contributed by atoms with E-state index < -0.39 is 5.82 Å². The summed E-state index contributed by atoms with van der Waals surface area (Å²) in [5.74, 6) is 0.185. The highest BCUT2D eigenvalue weighted by Crippen LogP contribution is 2.27. The summed E-state index contributed by atoms with van der Waals surface area (Å²) in [5.41, 5.74) is 0.296. The van der Waals surface area contributed by atoms with E-state index >= 15 is 0 Å². The predicted molar refractivity (Wildman–Crippen MR) is 71.6 cm³/mol. The lowest BCUT2D eigenvalue weighted by Crippen LogP contribution is -2.08. The molecule has 2 rings (SSSR count). The van der Waals surface area contributed by atoms with Gasteiger partial charge in [-0.15, -0.1) is 0 Å². The Bertz CT molecular complexity index is 558. The van der Waals surface area contributed by atoms with Crippen LogP contribution in [0.3, 0.4) is 0 Å². The normalized spacial score (nSPS) is 10.7. The molecule has 0 bridgehead atoms. The van der Waals surface area contributed by atoms with Crippen LogP contribution in [0.4, 0.5) is 10.2 Å². The second-order valence-electron chi connectivity index (χ2n) is 3.69. The fourth-order valence-electron chi connectivity index (χ4n) is 1.37. The van der Waals surface area contributed by atoms with Crippen molar-refractivity contribution < 1.29 is 4.39 Å². The Balaban J connectivity index is 2.40. The summed E-state index contributed by atoms with van der Waals surface area (Å²) in [5, 5.41) is 3.52. The van der Waals surface area contributed by atoms with Gasteiger partial charge < -0.3 is 5.32 Å². The van der Waals surface area contributed by atoms with Gasteiger partial charge in [0.2, 0.25) is 0 Å². The van der Waals surface area contributed by atoms with Crippen molar-refractivity contribution in [1.29, 1.82) is 0 Å². The number of anilines is 1. The quantitative estimate of drug-likeness (QED) is 0.934. The molecule has 0 saturated heterocycles. The number of aryl methyl sites for hydroxylation is 1. The van der Waals surface area contributed by atoms with E-state index in [9.17, 15) is 4.39 Å². The molecule has 0 radical (unpaired) electrons. The Morgan fingerprint density at radius 1 is 1.44 bits per heavy atom. The van der Waals surface area contributed by atoms with Gasteiger partial charge in [-0.1, -0.05) is 29.9 Å². The average molecular weight is 287 g/mol. The molecule has 0 aliphatic heterocycles. The Morgan fingerprint density at radius 2 is 2.22 bits per heavy atom. The molecule has 0 fully saturated rings. The molecular formula is C11H12ClFN4S. The van der Waals surface area contributed by atoms with Crippen molar-refractivity contribution >= 4 is 28.8 Å². The van der Waals surface area contributed by atoms with E-state index in [4.69, 9.17) is 11.6 Å². The summed E-state index contributed by atoms with van der Waals surface area (Å²) in [6.45, 7) is 4.26. The molecule has 0 unspecified atom stereocenters. The van der Waals surface area contributed by atoms with Crippen molar-refractivity contribution in [2.45, 2.75) is 20.3 Å². The molecule has 0 atom stereocenters. The van der Waals surface area contributed by atoms with E-state index in [1.807, 2.05) is 6.92 Å². The van der Waals surface area contributed by atoms with Crippen LogP contribution in [-0.2, 0) is 0 Å². The Labute approximate surface area is 113 Å². The third-order valence-corrected chi connectivity index (χ3v) is 3.34. The van der Waals surface area contributed by atoms with Crippen LogP contribution in [-0.4, -0.2) is 21.5 Å². The van der Waals surface area contributed by atoms with Crippen LogP contribution >= 0.6 is 22.9 Å². The zero-order chi connectivity index (χ0) is 13.1. The monoisotopic (exact) mass is 286 g/mol. The van der Waals surface area contributed by atoms with Crippen LogP contribution < -0.4 is 5.32 Å². The minimum atomic E-state index is -0.421. The van der Waals surface area contributed by atoms with Gasteiger partial charge in [0.25, 0.3) is 0 Å². The van der Waals surface area contributed by atoms with Crippen LogP contribution in [0.1, 0.15) is 19.0 Å². The Kier molecular flexibility index (Phi) is 4.08. The second-order valence-corrected chi connectivity index (χ2v) is 5.35. The SMILES string of the molecule is CCCNc1nc(-c2ncc(Cl)s2)nc(C)c1F. The molecule has 0 aromatic carbocycles. The minimum absolute atomic E-state index is 0.214. The highest BCUT2D eigenvalue weighted by atomic mass is 35.5. The van der Waals surface area contributed by atoms with E-state index in [0.717, 1.165) is 6.42 Å². The van der Waals surface area contributed by atoms with Gasteiger partial charge in [0, 0.05) is 6.54 Å². The lowest BCUT2D eigenvalue weighted by Gasteiger charge is -2.08. The Morgan fingerprint density at radius 3 is 2.83 bits per heavy atom. The van der Waals surface area contributed by atoms with Gasteiger partial charge in [-0.2, -0.15) is 0 Å². The summed E-state index contributed by atoms with van der Waals surface area (Å²) < 4.78 is 14.3. The summed E-state index contributed by atoms with van der Waals surface area (Å²) in [7, 11) is 0. The lowest BCUT2D eigenvalue weighted by atomic mass is 10.3. The highest BCUT2D eigenvalue weighted by Gasteiger charge is 2.14. The fourth-order valence-corrected chi connectivity index (χ4v) is 2.22. The maximum Gasteiger partial charge on any atom is 0.191 e. The predicted octanol–water partition coefficient (Wildman–Crippen LogP) is 3.52. The zero-order valence-corrected chi connectivity index (χ0v) is 11.6. The summed E-state index contributed by atoms with van der Waals surface area (Å²) in [6.07, 6.45) is 2.42. The molecule has 96 valence electrons. The third kappa shape index (κ3) is 2.76. The number of halogens is 2. The molecule has 0 amide bonds. The maximum atomic E-state index is 13.8. The second kappa shape index (κ2) is 5.58. The zero-order valence-electron chi connectivity index (χ0n) is 10.00. The molecule has 0 saturated carbocycles. The van der Waals surface area contributed by atoms with Gasteiger partial charge in [-0.25, -0.2) is 19.3 Å². The third-order valence-electron chi connectivity index (χ3n) is 2.23. The first-order valence-corrected chi connectivity index (χ1v) is 6.71. The van der Waals surface area contributed by atoms with Crippen LogP contribution in [0.25, 0.3) is 10.8 Å². The molecular weight excluding hydrogens is 275 g/mol. The number of nitrogens with zero attached hydrogens (tertiary/aromatic N) is 3. The van der Waals surface area contributed by atoms with Gasteiger partial charge in [0.15, 0.2) is 22.5 Å². The number of nitrogens with one attached hydrogen (secondary N) is 1. The van der Waals surface area contributed by atoms with Gasteiger partial charge in [0.05, 0.1) is 11.9 Å². The molecule has 0 aliphatic rings. The Hall–Kier alpha value is -1.27. The van der Waals surface area contributed by atoms with Gasteiger partial charge in [-0.05, 0) is 13.3 Å². The van der Waals surface area contributed by atoms with Crippen molar-refractivity contribution in [3.05, 3.63) is 22.0 Å². The van der Waals surface area contributed by atoms with Crippen molar-refractivity contribution in [1.82, 2.24) is 15.0 Å². The van der Waals surface area contributed by atoms with E-state index in [1.165, 1.54) is 17.5 Å². The van der Waals surface area contributed by atoms with E-state index in [0.29, 0.717) is 27.4 Å². The van der Waals surface area contributed by atoms with Crippen LogP contribution in [0.2, 0.25) is 4.34 Å². The molecule has 7 heteroatoms. The van der Waals surface area contributed by atoms with Crippen molar-refractivity contribution in [3.63, 3.8) is 0 Å². The minimum Gasteiger partial charge on any atom is -0.368 e. The first-order valence-electron chi connectivity index (χ1n) is 5.51.